The SMILES string of the molecule is O=C(NC1CCCOc2c(F)cccc21)C1(O)CCCC1. The van der Waals surface area contributed by atoms with Crippen molar-refractivity contribution in [1.29, 1.82) is 0 Å². The van der Waals surface area contributed by atoms with Gasteiger partial charge < -0.3 is 15.2 Å². The number of amides is 1. The normalized spacial score (nSPS) is 23.8. The minimum atomic E-state index is -1.26. The number of para-hydroxylation sites is 1. The number of hydrogen-bond donors (Lipinski definition) is 2. The molecule has 0 bridgehead atoms. The van der Waals surface area contributed by atoms with E-state index in [2.05, 4.69) is 5.32 Å². The number of carbonyl (C=O) groups excluding carboxylic acids is 1. The van der Waals surface area contributed by atoms with Gasteiger partial charge in [-0.1, -0.05) is 12.1 Å². The Balaban J connectivity index is 1.83. The van der Waals surface area contributed by atoms with Crippen LogP contribution in [0.25, 0.3) is 0 Å². The first-order valence-electron chi connectivity index (χ1n) is 7.55. The van der Waals surface area contributed by atoms with E-state index in [1.807, 2.05) is 0 Å². The van der Waals surface area contributed by atoms with Crippen molar-refractivity contribution in [3.05, 3.63) is 29.6 Å². The summed E-state index contributed by atoms with van der Waals surface area (Å²) in [5.41, 5.74) is -0.608. The van der Waals surface area contributed by atoms with Crippen LogP contribution in [-0.2, 0) is 4.79 Å². The predicted octanol–water partition coefficient (Wildman–Crippen LogP) is 2.46. The smallest absolute Gasteiger partial charge is 0.252 e. The number of fused-ring (bicyclic) bond motifs is 1. The number of hydrogen-bond acceptors (Lipinski definition) is 3. The number of ether oxygens (including phenoxy) is 1. The maximum atomic E-state index is 13.9. The Hall–Kier alpha value is -1.62. The molecule has 1 atom stereocenters. The summed E-state index contributed by atoms with van der Waals surface area (Å²) in [6, 6.07) is 4.43. The molecule has 1 aromatic carbocycles. The van der Waals surface area contributed by atoms with E-state index in [0.717, 1.165) is 19.3 Å². The van der Waals surface area contributed by atoms with Gasteiger partial charge in [-0.15, -0.1) is 0 Å². The summed E-state index contributed by atoms with van der Waals surface area (Å²) in [5.74, 6) is -0.533. The molecule has 3 rings (SSSR count). The Morgan fingerprint density at radius 1 is 1.33 bits per heavy atom. The molecule has 1 heterocycles. The third kappa shape index (κ3) is 2.75. The summed E-state index contributed by atoms with van der Waals surface area (Å²) in [4.78, 5) is 12.3. The first-order valence-corrected chi connectivity index (χ1v) is 7.55. The number of rotatable bonds is 2. The lowest BCUT2D eigenvalue weighted by molar-refractivity contribution is -0.140. The van der Waals surface area contributed by atoms with Crippen LogP contribution in [0.15, 0.2) is 18.2 Å². The fourth-order valence-electron chi connectivity index (χ4n) is 3.20. The maximum Gasteiger partial charge on any atom is 0.252 e. The van der Waals surface area contributed by atoms with Crippen LogP contribution in [0.2, 0.25) is 0 Å². The molecule has 1 aliphatic carbocycles. The molecule has 1 unspecified atom stereocenters. The van der Waals surface area contributed by atoms with Gasteiger partial charge in [0.2, 0.25) is 0 Å². The lowest BCUT2D eigenvalue weighted by Gasteiger charge is -2.25. The van der Waals surface area contributed by atoms with Gasteiger partial charge in [0.25, 0.3) is 5.91 Å². The molecular weight excluding hydrogens is 273 g/mol. The van der Waals surface area contributed by atoms with Gasteiger partial charge in [-0.25, -0.2) is 4.39 Å². The highest BCUT2D eigenvalue weighted by Gasteiger charge is 2.40. The van der Waals surface area contributed by atoms with Crippen LogP contribution in [0, 0.1) is 5.82 Å². The van der Waals surface area contributed by atoms with Gasteiger partial charge in [0.1, 0.15) is 5.60 Å². The van der Waals surface area contributed by atoms with Gasteiger partial charge in [0.05, 0.1) is 12.6 Å². The molecule has 21 heavy (non-hydrogen) atoms. The summed E-state index contributed by atoms with van der Waals surface area (Å²) >= 11 is 0. The molecule has 1 amide bonds. The van der Waals surface area contributed by atoms with Crippen LogP contribution < -0.4 is 10.1 Å². The van der Waals surface area contributed by atoms with Gasteiger partial charge in [-0.3, -0.25) is 4.79 Å². The van der Waals surface area contributed by atoms with Crippen molar-refractivity contribution in [1.82, 2.24) is 5.32 Å². The standard InChI is InChI=1S/C16H20FNO3/c17-12-6-3-5-11-13(7-4-10-21-14(11)12)18-15(19)16(20)8-1-2-9-16/h3,5-6,13,20H,1-2,4,7-10H2,(H,18,19). The predicted molar refractivity (Wildman–Crippen MR) is 75.4 cm³/mol. The molecule has 0 radical (unpaired) electrons. The minimum Gasteiger partial charge on any atom is -0.490 e. The number of aliphatic hydroxyl groups is 1. The molecule has 1 fully saturated rings. The Kier molecular flexibility index (Phi) is 3.85. The zero-order valence-corrected chi connectivity index (χ0v) is 11.9. The van der Waals surface area contributed by atoms with Crippen LogP contribution >= 0.6 is 0 Å². The van der Waals surface area contributed by atoms with Gasteiger partial charge >= 0.3 is 0 Å². The number of halogens is 1. The molecule has 1 aliphatic heterocycles. The first-order chi connectivity index (χ1) is 10.1. The van der Waals surface area contributed by atoms with Crippen LogP contribution in [0.1, 0.15) is 50.1 Å². The highest BCUT2D eigenvalue weighted by Crippen LogP contribution is 2.35. The van der Waals surface area contributed by atoms with Crippen molar-refractivity contribution in [2.24, 2.45) is 0 Å². The van der Waals surface area contributed by atoms with E-state index in [1.165, 1.54) is 6.07 Å². The highest BCUT2D eigenvalue weighted by atomic mass is 19.1. The summed E-state index contributed by atoms with van der Waals surface area (Å²) < 4.78 is 19.3. The highest BCUT2D eigenvalue weighted by molar-refractivity contribution is 5.85. The summed E-state index contributed by atoms with van der Waals surface area (Å²) in [7, 11) is 0. The fraction of sp³-hybridized carbons (Fsp3) is 0.562. The van der Waals surface area contributed by atoms with Gasteiger partial charge in [-0.05, 0) is 44.6 Å². The summed E-state index contributed by atoms with van der Waals surface area (Å²) in [5, 5.41) is 13.2. The first kappa shape index (κ1) is 14.3. The van der Waals surface area contributed by atoms with E-state index in [-0.39, 0.29) is 17.7 Å². The molecule has 0 saturated heterocycles. The second-order valence-electron chi connectivity index (χ2n) is 5.91. The van der Waals surface area contributed by atoms with Crippen molar-refractivity contribution in [2.75, 3.05) is 6.61 Å². The zero-order chi connectivity index (χ0) is 14.9. The molecule has 4 nitrogen and oxygen atoms in total. The van der Waals surface area contributed by atoms with Crippen LogP contribution in [0.5, 0.6) is 5.75 Å². The second kappa shape index (κ2) is 5.64. The van der Waals surface area contributed by atoms with E-state index < -0.39 is 11.4 Å². The second-order valence-corrected chi connectivity index (χ2v) is 5.91. The fourth-order valence-corrected chi connectivity index (χ4v) is 3.20. The maximum absolute atomic E-state index is 13.9. The average Bonchev–Trinajstić information content (AvgIpc) is 2.81. The lowest BCUT2D eigenvalue weighted by atomic mass is 9.97. The summed E-state index contributed by atoms with van der Waals surface area (Å²) in [6.45, 7) is 0.435. The van der Waals surface area contributed by atoms with Crippen molar-refractivity contribution in [2.45, 2.75) is 50.2 Å². The number of benzene rings is 1. The molecule has 2 N–H and O–H groups in total. The van der Waals surface area contributed by atoms with Gasteiger partial charge in [0.15, 0.2) is 11.6 Å². The van der Waals surface area contributed by atoms with Crippen LogP contribution in [0.4, 0.5) is 4.39 Å². The van der Waals surface area contributed by atoms with E-state index >= 15 is 0 Å². The van der Waals surface area contributed by atoms with Gasteiger partial charge in [0, 0.05) is 5.56 Å². The third-order valence-electron chi connectivity index (χ3n) is 4.42. The molecule has 0 aromatic heterocycles. The molecule has 114 valence electrons. The average molecular weight is 293 g/mol. The lowest BCUT2D eigenvalue weighted by Crippen LogP contribution is -2.46. The number of carbonyl (C=O) groups is 1. The summed E-state index contributed by atoms with van der Waals surface area (Å²) in [6.07, 6.45) is 4.14. The molecular formula is C16H20FNO3. The van der Waals surface area contributed by atoms with Crippen molar-refractivity contribution in [3.63, 3.8) is 0 Å². The van der Waals surface area contributed by atoms with E-state index in [0.29, 0.717) is 31.4 Å². The monoisotopic (exact) mass is 293 g/mol. The van der Waals surface area contributed by atoms with Gasteiger partial charge in [-0.2, -0.15) is 0 Å². The van der Waals surface area contributed by atoms with Crippen molar-refractivity contribution in [3.8, 4) is 5.75 Å². The third-order valence-corrected chi connectivity index (χ3v) is 4.42. The molecule has 1 aromatic rings. The molecule has 5 heteroatoms. The van der Waals surface area contributed by atoms with E-state index in [1.54, 1.807) is 12.1 Å². The Morgan fingerprint density at radius 3 is 2.86 bits per heavy atom. The molecule has 2 aliphatic rings. The van der Waals surface area contributed by atoms with Crippen molar-refractivity contribution >= 4 is 5.91 Å². The zero-order valence-electron chi connectivity index (χ0n) is 11.9. The number of nitrogens with one attached hydrogen (secondary N) is 1. The Bertz CT molecular complexity index is 540. The Labute approximate surface area is 123 Å². The largest absolute Gasteiger partial charge is 0.490 e. The topological polar surface area (TPSA) is 58.6 Å². The van der Waals surface area contributed by atoms with E-state index in [9.17, 15) is 14.3 Å². The molecule has 0 spiro atoms. The minimum absolute atomic E-state index is 0.221. The van der Waals surface area contributed by atoms with E-state index in [4.69, 9.17) is 4.74 Å². The molecule has 1 saturated carbocycles. The Morgan fingerprint density at radius 2 is 2.10 bits per heavy atom. The van der Waals surface area contributed by atoms with Crippen LogP contribution in [0.3, 0.4) is 0 Å². The van der Waals surface area contributed by atoms with Crippen LogP contribution in [-0.4, -0.2) is 23.2 Å². The van der Waals surface area contributed by atoms with Crippen molar-refractivity contribution < 1.29 is 19.0 Å². The quantitative estimate of drug-likeness (QED) is 0.880.